The smallest absolute Gasteiger partial charge is 0.246 e. The monoisotopic (exact) mass is 302 g/mol. The van der Waals surface area contributed by atoms with Crippen LogP contribution in [0.15, 0.2) is 29.8 Å². The third-order valence-corrected chi connectivity index (χ3v) is 4.53. The number of piperidine rings is 1. The minimum atomic E-state index is -0.491. The molecule has 0 bridgehead atoms. The van der Waals surface area contributed by atoms with Crippen LogP contribution >= 0.6 is 11.3 Å². The summed E-state index contributed by atoms with van der Waals surface area (Å²) in [6.07, 6.45) is 4.80. The predicted molar refractivity (Wildman–Crippen MR) is 84.2 cm³/mol. The summed E-state index contributed by atoms with van der Waals surface area (Å²) in [5, 5.41) is 8.76. The minimum Gasteiger partial charge on any atom is -0.304 e. The summed E-state index contributed by atoms with van der Waals surface area (Å²) >= 11 is 1.42. The van der Waals surface area contributed by atoms with Gasteiger partial charge in [-0.15, -0.1) is 11.3 Å². The van der Waals surface area contributed by atoms with Gasteiger partial charge in [0, 0.05) is 11.6 Å². The number of carbonyl (C=O) groups excluding carboxylic acids is 1. The van der Waals surface area contributed by atoms with E-state index in [1.54, 1.807) is 6.20 Å². The molecule has 1 aliphatic heterocycles. The van der Waals surface area contributed by atoms with Gasteiger partial charge in [-0.05, 0) is 44.9 Å². The third kappa shape index (κ3) is 3.11. The third-order valence-electron chi connectivity index (χ3n) is 3.77. The number of aromatic nitrogens is 2. The normalized spacial score (nSPS) is 22.0. The van der Waals surface area contributed by atoms with Gasteiger partial charge < -0.3 is 10.6 Å². The minimum absolute atomic E-state index is 0.0101. The van der Waals surface area contributed by atoms with Gasteiger partial charge in [-0.1, -0.05) is 6.07 Å². The number of thiazole rings is 1. The Bertz CT molecular complexity index is 620. The second kappa shape index (κ2) is 5.91. The van der Waals surface area contributed by atoms with Crippen molar-refractivity contribution in [2.24, 2.45) is 0 Å². The zero-order chi connectivity index (χ0) is 14.7. The van der Waals surface area contributed by atoms with Crippen LogP contribution in [0, 0.1) is 0 Å². The Labute approximate surface area is 127 Å². The molecule has 0 aliphatic carbocycles. The van der Waals surface area contributed by atoms with Gasteiger partial charge in [0.25, 0.3) is 0 Å². The number of nitrogens with zero attached hydrogens (tertiary/aromatic N) is 2. The summed E-state index contributed by atoms with van der Waals surface area (Å²) in [5.41, 5.74) is 1.11. The lowest BCUT2D eigenvalue weighted by atomic mass is 9.90. The molecular formula is C15H18N4OS. The molecule has 1 aliphatic rings. The van der Waals surface area contributed by atoms with Gasteiger partial charge in [-0.2, -0.15) is 0 Å². The molecule has 2 aromatic rings. The molecule has 110 valence electrons. The van der Waals surface area contributed by atoms with E-state index in [1.807, 2.05) is 30.5 Å². The van der Waals surface area contributed by atoms with Crippen LogP contribution < -0.4 is 10.6 Å². The molecule has 0 saturated carbocycles. The quantitative estimate of drug-likeness (QED) is 0.915. The Morgan fingerprint density at radius 1 is 1.38 bits per heavy atom. The Balaban J connectivity index is 1.71. The summed E-state index contributed by atoms with van der Waals surface area (Å²) in [6, 6.07) is 5.70. The molecule has 3 rings (SSSR count). The maximum atomic E-state index is 12.4. The Morgan fingerprint density at radius 2 is 2.29 bits per heavy atom. The molecular weight excluding hydrogens is 284 g/mol. The second-order valence-corrected chi connectivity index (χ2v) is 6.28. The van der Waals surface area contributed by atoms with Crippen LogP contribution in [0.1, 0.15) is 26.2 Å². The van der Waals surface area contributed by atoms with Crippen LogP contribution in [-0.4, -0.2) is 28.0 Å². The first-order chi connectivity index (χ1) is 10.2. The molecule has 1 saturated heterocycles. The van der Waals surface area contributed by atoms with Crippen molar-refractivity contribution in [3.8, 4) is 11.4 Å². The Morgan fingerprint density at radius 3 is 3.00 bits per heavy atom. The van der Waals surface area contributed by atoms with E-state index >= 15 is 0 Å². The number of anilines is 1. The Hall–Kier alpha value is -1.79. The first kappa shape index (κ1) is 14.2. The summed E-state index contributed by atoms with van der Waals surface area (Å²) in [6.45, 7) is 2.84. The molecule has 1 unspecified atom stereocenters. The van der Waals surface area contributed by atoms with Crippen molar-refractivity contribution in [3.05, 3.63) is 29.8 Å². The fraction of sp³-hybridized carbons (Fsp3) is 0.400. The van der Waals surface area contributed by atoms with Crippen LogP contribution in [0.2, 0.25) is 0 Å². The van der Waals surface area contributed by atoms with Crippen molar-refractivity contribution in [1.29, 1.82) is 0 Å². The maximum Gasteiger partial charge on any atom is 0.246 e. The van der Waals surface area contributed by atoms with Gasteiger partial charge in [-0.3, -0.25) is 9.78 Å². The highest BCUT2D eigenvalue weighted by molar-refractivity contribution is 7.14. The molecule has 21 heavy (non-hydrogen) atoms. The maximum absolute atomic E-state index is 12.4. The molecule has 2 aromatic heterocycles. The number of hydrogen-bond donors (Lipinski definition) is 2. The van der Waals surface area contributed by atoms with E-state index in [4.69, 9.17) is 0 Å². The number of nitrogens with one attached hydrogen (secondary N) is 2. The lowest BCUT2D eigenvalue weighted by Crippen LogP contribution is -2.54. The largest absolute Gasteiger partial charge is 0.304 e. The van der Waals surface area contributed by atoms with Crippen molar-refractivity contribution in [3.63, 3.8) is 0 Å². The van der Waals surface area contributed by atoms with Gasteiger partial charge in [0.2, 0.25) is 5.91 Å². The van der Waals surface area contributed by atoms with Crippen molar-refractivity contribution in [2.45, 2.75) is 31.7 Å². The first-order valence-electron chi connectivity index (χ1n) is 7.11. The van der Waals surface area contributed by atoms with E-state index < -0.39 is 5.54 Å². The number of rotatable bonds is 3. The Kier molecular flexibility index (Phi) is 3.98. The van der Waals surface area contributed by atoms with Crippen LogP contribution in [0.3, 0.4) is 0 Å². The number of carbonyl (C=O) groups is 1. The molecule has 3 heterocycles. The summed E-state index contributed by atoms with van der Waals surface area (Å²) in [4.78, 5) is 21.1. The summed E-state index contributed by atoms with van der Waals surface area (Å²) in [7, 11) is 0. The van der Waals surface area contributed by atoms with Crippen molar-refractivity contribution >= 4 is 22.4 Å². The summed E-state index contributed by atoms with van der Waals surface area (Å²) in [5.74, 6) is -0.0101. The van der Waals surface area contributed by atoms with E-state index in [-0.39, 0.29) is 5.91 Å². The van der Waals surface area contributed by atoms with E-state index in [0.717, 1.165) is 37.2 Å². The van der Waals surface area contributed by atoms with Gasteiger partial charge in [0.05, 0.1) is 11.2 Å². The molecule has 0 radical (unpaired) electrons. The average Bonchev–Trinajstić information content (AvgIpc) is 2.97. The number of amides is 1. The van der Waals surface area contributed by atoms with E-state index in [0.29, 0.717) is 5.13 Å². The SMILES string of the molecule is CC1(C(=O)Nc2nc(-c3ccccn3)cs2)CCCCN1. The van der Waals surface area contributed by atoms with Crippen molar-refractivity contribution in [2.75, 3.05) is 11.9 Å². The lowest BCUT2D eigenvalue weighted by Gasteiger charge is -2.33. The van der Waals surface area contributed by atoms with Crippen LogP contribution in [0.5, 0.6) is 0 Å². The number of pyridine rings is 1. The fourth-order valence-corrected chi connectivity index (χ4v) is 3.15. The van der Waals surface area contributed by atoms with E-state index in [9.17, 15) is 4.79 Å². The van der Waals surface area contributed by atoms with Crippen LogP contribution in [0.25, 0.3) is 11.4 Å². The predicted octanol–water partition coefficient (Wildman–Crippen LogP) is 2.68. The van der Waals surface area contributed by atoms with E-state index in [2.05, 4.69) is 20.6 Å². The van der Waals surface area contributed by atoms with Gasteiger partial charge in [0.1, 0.15) is 5.69 Å². The zero-order valence-electron chi connectivity index (χ0n) is 11.9. The van der Waals surface area contributed by atoms with Crippen LogP contribution in [0.4, 0.5) is 5.13 Å². The number of hydrogen-bond acceptors (Lipinski definition) is 5. The lowest BCUT2D eigenvalue weighted by molar-refractivity contribution is -0.122. The molecule has 2 N–H and O–H groups in total. The molecule has 6 heteroatoms. The molecule has 0 spiro atoms. The highest BCUT2D eigenvalue weighted by Gasteiger charge is 2.34. The zero-order valence-corrected chi connectivity index (χ0v) is 12.7. The summed E-state index contributed by atoms with van der Waals surface area (Å²) < 4.78 is 0. The highest BCUT2D eigenvalue weighted by Crippen LogP contribution is 2.25. The van der Waals surface area contributed by atoms with Gasteiger partial charge >= 0.3 is 0 Å². The van der Waals surface area contributed by atoms with Gasteiger partial charge in [-0.25, -0.2) is 4.98 Å². The molecule has 0 aromatic carbocycles. The van der Waals surface area contributed by atoms with Gasteiger partial charge in [0.15, 0.2) is 5.13 Å². The highest BCUT2D eigenvalue weighted by atomic mass is 32.1. The van der Waals surface area contributed by atoms with E-state index in [1.165, 1.54) is 11.3 Å². The standard InChI is InChI=1S/C15H18N4OS/c1-15(7-3-5-9-17-15)13(20)19-14-18-12(10-21-14)11-6-2-4-8-16-11/h2,4,6,8,10,17H,3,5,7,9H2,1H3,(H,18,19,20). The van der Waals surface area contributed by atoms with Crippen molar-refractivity contribution in [1.82, 2.24) is 15.3 Å². The van der Waals surface area contributed by atoms with Crippen molar-refractivity contribution < 1.29 is 4.79 Å². The molecule has 5 nitrogen and oxygen atoms in total. The second-order valence-electron chi connectivity index (χ2n) is 5.42. The molecule has 1 amide bonds. The fourth-order valence-electron chi connectivity index (χ4n) is 2.45. The topological polar surface area (TPSA) is 66.9 Å². The molecule has 1 atom stereocenters. The first-order valence-corrected chi connectivity index (χ1v) is 7.99. The molecule has 1 fully saturated rings. The van der Waals surface area contributed by atoms with Crippen LogP contribution in [-0.2, 0) is 4.79 Å². The average molecular weight is 302 g/mol.